The molecule has 0 aliphatic carbocycles. The van der Waals surface area contributed by atoms with Crippen LogP contribution < -0.4 is 60.2 Å². The molecule has 0 bridgehead atoms. The zero-order valence-corrected chi connectivity index (χ0v) is 36.1. The van der Waals surface area contributed by atoms with E-state index in [1.54, 1.807) is 26.0 Å². The zero-order valence-electron chi connectivity index (χ0n) is 36.1. The van der Waals surface area contributed by atoms with Crippen molar-refractivity contribution in [1.29, 1.82) is 0 Å². The number of rotatable bonds is 29. The van der Waals surface area contributed by atoms with Crippen LogP contribution in [0.3, 0.4) is 0 Å². The standard InChI is InChI=1S/C39H58N14O12/c1-4-20(2)33(52-34(60)24(40)11-21-5-7-23(55)8-6-21)38(64)49-25(9-10-29(41)56)36(62)50-27(13-30(42)57)37(63)51-28(15-45-19-54)39(65)53(3)17-32(59)48-26(12-22-14-44-18-47-22)35(61)46-16-31(43)58/h5-8,14,18-20,24-28,33,55H,4,9-13,15-17,40H2,1-3H3,(H2,41,56)(H2,42,57)(H2,43,58)(H,44,47)(H,45,54)(H,46,61)(H,48,59)(H,49,64)(H,50,62)(H,51,63)(H,52,60)/t20-,24-,25-,26-,27-,28-,33-/m0/s1. The minimum atomic E-state index is -1.82. The van der Waals surface area contributed by atoms with E-state index in [0.29, 0.717) is 17.7 Å². The predicted octanol–water partition coefficient (Wildman–Crippen LogP) is -6.36. The molecule has 356 valence electrons. The average Bonchev–Trinajstić information content (AvgIpc) is 3.77. The number of amides is 11. The van der Waals surface area contributed by atoms with Gasteiger partial charge >= 0.3 is 0 Å². The first-order valence-corrected chi connectivity index (χ1v) is 20.2. The third-order valence-electron chi connectivity index (χ3n) is 9.71. The third-order valence-corrected chi connectivity index (χ3v) is 9.71. The average molecular weight is 915 g/mol. The maximum absolute atomic E-state index is 13.8. The smallest absolute Gasteiger partial charge is 0.247 e. The molecule has 2 aromatic rings. The number of carbonyl (C=O) groups is 11. The summed E-state index contributed by atoms with van der Waals surface area (Å²) in [6.07, 6.45) is 1.57. The number of H-pyrrole nitrogens is 1. The molecule has 0 unspecified atom stereocenters. The number of nitrogens with two attached hydrogens (primary N) is 4. The van der Waals surface area contributed by atoms with Gasteiger partial charge in [-0.2, -0.15) is 0 Å². The number of benzene rings is 1. The number of primary amides is 3. The van der Waals surface area contributed by atoms with Crippen molar-refractivity contribution in [3.05, 3.63) is 48.0 Å². The van der Waals surface area contributed by atoms with E-state index in [1.165, 1.54) is 24.7 Å². The van der Waals surface area contributed by atoms with Crippen LogP contribution in [-0.4, -0.2) is 148 Å². The van der Waals surface area contributed by atoms with Gasteiger partial charge in [0.05, 0.1) is 37.6 Å². The maximum Gasteiger partial charge on any atom is 0.247 e. The van der Waals surface area contributed by atoms with Crippen molar-refractivity contribution < 1.29 is 57.8 Å². The van der Waals surface area contributed by atoms with Gasteiger partial charge in [0, 0.05) is 32.6 Å². The lowest BCUT2D eigenvalue weighted by Gasteiger charge is -2.29. The minimum Gasteiger partial charge on any atom is -0.508 e. The van der Waals surface area contributed by atoms with Crippen molar-refractivity contribution in [3.8, 4) is 5.75 Å². The number of imidazole rings is 1. The summed E-state index contributed by atoms with van der Waals surface area (Å²) in [5.74, 6) is -9.85. The Kier molecular flexibility index (Phi) is 22.0. The van der Waals surface area contributed by atoms with Crippen LogP contribution in [0.15, 0.2) is 36.8 Å². The molecule has 0 fully saturated rings. The van der Waals surface area contributed by atoms with Crippen molar-refractivity contribution in [2.24, 2.45) is 28.9 Å². The highest BCUT2D eigenvalue weighted by molar-refractivity contribution is 5.98. The van der Waals surface area contributed by atoms with Crippen LogP contribution in [0.1, 0.15) is 50.8 Å². The van der Waals surface area contributed by atoms with E-state index in [4.69, 9.17) is 22.9 Å². The Bertz CT molecular complexity index is 2000. The molecule has 1 heterocycles. The van der Waals surface area contributed by atoms with Gasteiger partial charge in [0.1, 0.15) is 36.0 Å². The molecule has 0 saturated heterocycles. The SMILES string of the molecule is CC[C@H](C)[C@H](NC(=O)[C@@H](N)Cc1ccc(O)cc1)C(=O)N[C@@H](CCC(N)=O)C(=O)N[C@@H](CC(N)=O)C(=O)N[C@@H](CNC=O)C(=O)N(C)CC(=O)N[C@@H](Cc1c[nH]cn1)C(=O)NCC(N)=O. The summed E-state index contributed by atoms with van der Waals surface area (Å²) < 4.78 is 0. The summed E-state index contributed by atoms with van der Waals surface area (Å²) in [7, 11) is 1.16. The van der Waals surface area contributed by atoms with E-state index in [-0.39, 0.29) is 25.0 Å². The first-order chi connectivity index (χ1) is 30.6. The largest absolute Gasteiger partial charge is 0.508 e. The second-order valence-corrected chi connectivity index (χ2v) is 15.0. The Morgan fingerprint density at radius 3 is 1.98 bits per heavy atom. The number of nitrogens with one attached hydrogen (secondary N) is 8. The van der Waals surface area contributed by atoms with E-state index >= 15 is 0 Å². The van der Waals surface area contributed by atoms with Gasteiger partial charge in [-0.05, 0) is 36.5 Å². The number of carbonyl (C=O) groups excluding carboxylic acids is 11. The molecule has 0 aliphatic rings. The van der Waals surface area contributed by atoms with Crippen LogP contribution in [0.5, 0.6) is 5.75 Å². The van der Waals surface area contributed by atoms with Crippen molar-refractivity contribution in [2.75, 3.05) is 26.7 Å². The van der Waals surface area contributed by atoms with Crippen molar-refractivity contribution >= 4 is 65.5 Å². The van der Waals surface area contributed by atoms with E-state index in [0.717, 1.165) is 11.9 Å². The van der Waals surface area contributed by atoms with Gasteiger partial charge in [-0.3, -0.25) is 52.7 Å². The lowest BCUT2D eigenvalue weighted by Crippen LogP contribution is -2.61. The number of nitrogens with zero attached hydrogens (tertiary/aromatic N) is 2. The maximum atomic E-state index is 13.8. The van der Waals surface area contributed by atoms with Gasteiger partial charge < -0.3 is 75.1 Å². The van der Waals surface area contributed by atoms with E-state index in [2.05, 4.69) is 47.2 Å². The number of aromatic amines is 1. The Balaban J connectivity index is 2.26. The molecule has 17 N–H and O–H groups in total. The number of hydrogen-bond acceptors (Lipinski definition) is 14. The third kappa shape index (κ3) is 19.1. The quantitative estimate of drug-likeness (QED) is 0.0338. The van der Waals surface area contributed by atoms with Crippen molar-refractivity contribution in [3.63, 3.8) is 0 Å². The summed E-state index contributed by atoms with van der Waals surface area (Å²) in [4.78, 5) is 148. The highest BCUT2D eigenvalue weighted by Gasteiger charge is 2.35. The summed E-state index contributed by atoms with van der Waals surface area (Å²) in [5, 5.41) is 26.1. The Hall–Kier alpha value is -7.64. The highest BCUT2D eigenvalue weighted by Crippen LogP contribution is 2.13. The number of hydrogen-bond donors (Lipinski definition) is 13. The van der Waals surface area contributed by atoms with Gasteiger partial charge in [0.2, 0.25) is 65.5 Å². The molecule has 11 amide bonds. The number of aromatic nitrogens is 2. The first kappa shape index (κ1) is 53.5. The Labute approximate surface area is 372 Å². The summed E-state index contributed by atoms with van der Waals surface area (Å²) in [6, 6.07) is -2.76. The molecular formula is C39H58N14O12. The number of phenolic OH excluding ortho intramolecular Hbond substituents is 1. The van der Waals surface area contributed by atoms with Crippen molar-refractivity contribution in [1.82, 2.24) is 52.1 Å². The molecule has 26 heteroatoms. The van der Waals surface area contributed by atoms with Gasteiger partial charge in [0.15, 0.2) is 0 Å². The van der Waals surface area contributed by atoms with Gasteiger partial charge in [-0.1, -0.05) is 32.4 Å². The second kappa shape index (κ2) is 26.7. The lowest BCUT2D eigenvalue weighted by molar-refractivity contribution is -0.140. The highest BCUT2D eigenvalue weighted by atomic mass is 16.3. The van der Waals surface area contributed by atoms with Crippen LogP contribution >= 0.6 is 0 Å². The van der Waals surface area contributed by atoms with Gasteiger partial charge in [0.25, 0.3) is 0 Å². The normalized spacial score (nSPS) is 14.0. The van der Waals surface area contributed by atoms with Gasteiger partial charge in [-0.15, -0.1) is 0 Å². The van der Waals surface area contributed by atoms with Crippen LogP contribution in [0, 0.1) is 5.92 Å². The Morgan fingerprint density at radius 2 is 1.42 bits per heavy atom. The molecule has 0 saturated carbocycles. The van der Waals surface area contributed by atoms with Crippen LogP contribution in [-0.2, 0) is 65.6 Å². The zero-order chi connectivity index (χ0) is 48.8. The van der Waals surface area contributed by atoms with Crippen LogP contribution in [0.2, 0.25) is 0 Å². The van der Waals surface area contributed by atoms with Crippen LogP contribution in [0.4, 0.5) is 0 Å². The topological polar surface area (TPSA) is 428 Å². The molecule has 7 atom stereocenters. The molecule has 0 spiro atoms. The van der Waals surface area contributed by atoms with Crippen molar-refractivity contribution in [2.45, 2.75) is 88.6 Å². The first-order valence-electron chi connectivity index (χ1n) is 20.2. The van der Waals surface area contributed by atoms with Crippen LogP contribution in [0.25, 0.3) is 0 Å². The second-order valence-electron chi connectivity index (χ2n) is 15.0. The molecule has 26 nitrogen and oxygen atoms in total. The molecule has 2 rings (SSSR count). The number of phenols is 1. The molecule has 1 aromatic carbocycles. The van der Waals surface area contributed by atoms with Gasteiger partial charge in [-0.25, -0.2) is 4.98 Å². The molecule has 0 radical (unpaired) electrons. The number of aromatic hydroxyl groups is 1. The Morgan fingerprint density at radius 1 is 0.785 bits per heavy atom. The fourth-order valence-electron chi connectivity index (χ4n) is 6.00. The predicted molar refractivity (Wildman–Crippen MR) is 227 cm³/mol. The summed E-state index contributed by atoms with van der Waals surface area (Å²) in [5.41, 5.74) is 22.9. The van der Waals surface area contributed by atoms with E-state index < -0.39 is 140 Å². The van der Waals surface area contributed by atoms with E-state index in [9.17, 15) is 57.8 Å². The molecule has 1 aromatic heterocycles. The number of likely N-dealkylation sites (N-methyl/N-ethyl adjacent to an activating group) is 1. The monoisotopic (exact) mass is 914 g/mol. The summed E-state index contributed by atoms with van der Waals surface area (Å²) >= 11 is 0. The molecule has 65 heavy (non-hydrogen) atoms. The molecular weight excluding hydrogens is 857 g/mol. The fourth-order valence-corrected chi connectivity index (χ4v) is 6.00. The minimum absolute atomic E-state index is 0.00770. The lowest BCUT2D eigenvalue weighted by atomic mass is 9.96. The fraction of sp³-hybridized carbons (Fsp3) is 0.487. The summed E-state index contributed by atoms with van der Waals surface area (Å²) in [6.45, 7) is 1.58. The van der Waals surface area contributed by atoms with E-state index in [1.807, 2.05) is 0 Å². The molecule has 0 aliphatic heterocycles.